The largest absolute Gasteiger partial charge is 0.339 e. The molecule has 8 heteroatoms. The number of hydrogen-bond donors (Lipinski definition) is 2. The van der Waals surface area contributed by atoms with Crippen LogP contribution in [0.2, 0.25) is 0 Å². The summed E-state index contributed by atoms with van der Waals surface area (Å²) < 4.78 is 1.97. The Balaban J connectivity index is 1.42. The van der Waals surface area contributed by atoms with Crippen molar-refractivity contribution in [3.05, 3.63) is 109 Å². The van der Waals surface area contributed by atoms with Crippen LogP contribution in [0.15, 0.2) is 104 Å². The fraction of sp³-hybridized carbons (Fsp3) is 0.0345. The summed E-state index contributed by atoms with van der Waals surface area (Å²) >= 11 is 0. The van der Waals surface area contributed by atoms with E-state index >= 15 is 0 Å². The lowest BCUT2D eigenvalue weighted by Gasteiger charge is -2.12. The SMILES string of the molecule is C=C=CC(=O)Nc1cc2c(Nc3cc4nn(Cc5ccccc5)cc4c4ccccc34)ncnc2cn1. The average Bonchev–Trinajstić information content (AvgIpc) is 3.32. The molecule has 0 aliphatic carbocycles. The third-order valence-corrected chi connectivity index (χ3v) is 6.03. The topological polar surface area (TPSA) is 97.6 Å². The molecular formula is C29H21N7O. The van der Waals surface area contributed by atoms with E-state index in [1.807, 2.05) is 41.1 Å². The van der Waals surface area contributed by atoms with Crippen molar-refractivity contribution in [2.75, 3.05) is 10.6 Å². The molecule has 3 aromatic heterocycles. The van der Waals surface area contributed by atoms with Gasteiger partial charge in [0.05, 0.1) is 23.8 Å². The fourth-order valence-electron chi connectivity index (χ4n) is 4.38. The second-order valence-electron chi connectivity index (χ2n) is 8.49. The van der Waals surface area contributed by atoms with Gasteiger partial charge >= 0.3 is 0 Å². The molecule has 1 amide bonds. The Labute approximate surface area is 212 Å². The molecule has 3 aromatic carbocycles. The van der Waals surface area contributed by atoms with Crippen LogP contribution in [0.5, 0.6) is 0 Å². The lowest BCUT2D eigenvalue weighted by atomic mass is 10.0. The first-order chi connectivity index (χ1) is 18.2. The molecule has 0 bridgehead atoms. The van der Waals surface area contributed by atoms with E-state index in [0.29, 0.717) is 29.1 Å². The molecule has 3 heterocycles. The molecule has 0 fully saturated rings. The highest BCUT2D eigenvalue weighted by Gasteiger charge is 2.13. The van der Waals surface area contributed by atoms with Gasteiger partial charge in [0.15, 0.2) is 0 Å². The zero-order valence-corrected chi connectivity index (χ0v) is 19.7. The number of rotatable bonds is 6. The van der Waals surface area contributed by atoms with Crippen LogP contribution in [0.25, 0.3) is 32.6 Å². The van der Waals surface area contributed by atoms with E-state index in [1.54, 1.807) is 12.3 Å². The van der Waals surface area contributed by atoms with E-state index in [0.717, 1.165) is 27.4 Å². The summed E-state index contributed by atoms with van der Waals surface area (Å²) in [4.78, 5) is 25.0. The van der Waals surface area contributed by atoms with Crippen molar-refractivity contribution in [2.45, 2.75) is 6.54 Å². The molecule has 0 saturated heterocycles. The van der Waals surface area contributed by atoms with E-state index in [9.17, 15) is 4.79 Å². The number of amides is 1. The summed E-state index contributed by atoms with van der Waals surface area (Å²) in [5.74, 6) is 0.605. The van der Waals surface area contributed by atoms with Crippen molar-refractivity contribution >= 4 is 55.8 Å². The summed E-state index contributed by atoms with van der Waals surface area (Å²) in [5.41, 5.74) is 6.03. The van der Waals surface area contributed by atoms with Crippen molar-refractivity contribution in [3.63, 3.8) is 0 Å². The maximum absolute atomic E-state index is 11.9. The number of pyridine rings is 1. The number of anilines is 3. The van der Waals surface area contributed by atoms with Crippen molar-refractivity contribution in [2.24, 2.45) is 0 Å². The summed E-state index contributed by atoms with van der Waals surface area (Å²) in [6.45, 7) is 4.11. The Hall–Kier alpha value is -5.33. The van der Waals surface area contributed by atoms with Crippen molar-refractivity contribution in [3.8, 4) is 0 Å². The third-order valence-electron chi connectivity index (χ3n) is 6.03. The van der Waals surface area contributed by atoms with Crippen LogP contribution in [0.4, 0.5) is 17.3 Å². The van der Waals surface area contributed by atoms with Crippen LogP contribution < -0.4 is 10.6 Å². The standard InChI is InChI=1S/C29H21N7O/c1-2-8-28(37)34-27-13-22-26(15-30-27)31-18-32-29(22)33-24-14-25-23(20-11-6-7-12-21(20)24)17-36(35-25)16-19-9-4-3-5-10-19/h3-15,17-18H,1,16H2,(H,30,34,37)(H,31,32,33). The van der Waals surface area contributed by atoms with Gasteiger partial charge in [0.1, 0.15) is 18.0 Å². The van der Waals surface area contributed by atoms with Gasteiger partial charge in [-0.25, -0.2) is 15.0 Å². The zero-order chi connectivity index (χ0) is 25.2. The normalized spacial score (nSPS) is 10.9. The van der Waals surface area contributed by atoms with Crippen LogP contribution in [-0.4, -0.2) is 30.6 Å². The Bertz CT molecular complexity index is 1840. The van der Waals surface area contributed by atoms with Gasteiger partial charge < -0.3 is 10.6 Å². The lowest BCUT2D eigenvalue weighted by molar-refractivity contribution is -0.111. The van der Waals surface area contributed by atoms with E-state index in [4.69, 9.17) is 5.10 Å². The average molecular weight is 484 g/mol. The predicted molar refractivity (Wildman–Crippen MR) is 146 cm³/mol. The molecule has 0 atom stereocenters. The first-order valence-electron chi connectivity index (χ1n) is 11.7. The Morgan fingerprint density at radius 3 is 2.57 bits per heavy atom. The number of hydrogen-bond acceptors (Lipinski definition) is 6. The molecule has 6 rings (SSSR count). The van der Waals surface area contributed by atoms with Gasteiger partial charge in [0.25, 0.3) is 5.91 Å². The maximum Gasteiger partial charge on any atom is 0.257 e. The number of aromatic nitrogens is 5. The highest BCUT2D eigenvalue weighted by atomic mass is 16.1. The Morgan fingerprint density at radius 2 is 1.73 bits per heavy atom. The minimum atomic E-state index is -0.365. The van der Waals surface area contributed by atoms with E-state index in [-0.39, 0.29) is 5.91 Å². The molecule has 0 aliphatic rings. The molecule has 178 valence electrons. The minimum absolute atomic E-state index is 0.365. The molecule has 2 N–H and O–H groups in total. The molecule has 0 aliphatic heterocycles. The van der Waals surface area contributed by atoms with E-state index in [2.05, 4.69) is 68.4 Å². The minimum Gasteiger partial charge on any atom is -0.339 e. The predicted octanol–water partition coefficient (Wildman–Crippen LogP) is 5.60. The number of nitrogens with zero attached hydrogens (tertiary/aromatic N) is 5. The van der Waals surface area contributed by atoms with Gasteiger partial charge in [0.2, 0.25) is 0 Å². The number of benzene rings is 3. The van der Waals surface area contributed by atoms with Gasteiger partial charge in [-0.05, 0) is 23.1 Å². The molecule has 0 radical (unpaired) electrons. The van der Waals surface area contributed by atoms with Crippen LogP contribution in [0.1, 0.15) is 5.56 Å². The smallest absolute Gasteiger partial charge is 0.257 e. The highest BCUT2D eigenvalue weighted by molar-refractivity contribution is 6.13. The Morgan fingerprint density at radius 1 is 0.919 bits per heavy atom. The van der Waals surface area contributed by atoms with Crippen LogP contribution in [0, 0.1) is 0 Å². The second-order valence-corrected chi connectivity index (χ2v) is 8.49. The second kappa shape index (κ2) is 9.37. The molecule has 0 spiro atoms. The van der Waals surface area contributed by atoms with Gasteiger partial charge in [-0.2, -0.15) is 5.10 Å². The summed E-state index contributed by atoms with van der Waals surface area (Å²) in [7, 11) is 0. The van der Waals surface area contributed by atoms with Gasteiger partial charge in [-0.1, -0.05) is 61.2 Å². The van der Waals surface area contributed by atoms with Gasteiger partial charge in [-0.15, -0.1) is 5.73 Å². The van der Waals surface area contributed by atoms with Crippen LogP contribution >= 0.6 is 0 Å². The maximum atomic E-state index is 11.9. The molecule has 0 unspecified atom stereocenters. The van der Waals surface area contributed by atoms with Crippen LogP contribution in [0.3, 0.4) is 0 Å². The molecule has 8 nitrogen and oxygen atoms in total. The number of carbonyl (C=O) groups excluding carboxylic acids is 1. The monoisotopic (exact) mass is 483 g/mol. The molecule has 6 aromatic rings. The molecular weight excluding hydrogens is 462 g/mol. The summed E-state index contributed by atoms with van der Waals surface area (Å²) in [6.07, 6.45) is 6.39. The Kier molecular flexibility index (Phi) is 5.61. The highest BCUT2D eigenvalue weighted by Crippen LogP contribution is 2.34. The van der Waals surface area contributed by atoms with Crippen molar-refractivity contribution < 1.29 is 4.79 Å². The first-order valence-corrected chi connectivity index (χ1v) is 11.7. The number of fused-ring (bicyclic) bond motifs is 4. The molecule has 0 saturated carbocycles. The van der Waals surface area contributed by atoms with Gasteiger partial charge in [0, 0.05) is 34.1 Å². The quantitative estimate of drug-likeness (QED) is 0.236. The number of carbonyl (C=O) groups is 1. The fourth-order valence-corrected chi connectivity index (χ4v) is 4.38. The third kappa shape index (κ3) is 4.40. The van der Waals surface area contributed by atoms with Crippen molar-refractivity contribution in [1.29, 1.82) is 0 Å². The number of nitrogens with one attached hydrogen (secondary N) is 2. The first kappa shape index (κ1) is 22.2. The summed E-state index contributed by atoms with van der Waals surface area (Å²) in [5, 5.41) is 15.0. The zero-order valence-electron chi connectivity index (χ0n) is 19.7. The lowest BCUT2D eigenvalue weighted by Crippen LogP contribution is -2.09. The molecule has 37 heavy (non-hydrogen) atoms. The van der Waals surface area contributed by atoms with E-state index < -0.39 is 0 Å². The van der Waals surface area contributed by atoms with Gasteiger partial charge in [-0.3, -0.25) is 9.48 Å². The van der Waals surface area contributed by atoms with Crippen LogP contribution in [-0.2, 0) is 11.3 Å². The summed E-state index contributed by atoms with van der Waals surface area (Å²) in [6, 6.07) is 22.2. The van der Waals surface area contributed by atoms with Crippen molar-refractivity contribution in [1.82, 2.24) is 24.7 Å². The van der Waals surface area contributed by atoms with E-state index in [1.165, 1.54) is 18.0 Å².